The van der Waals surface area contributed by atoms with E-state index in [9.17, 15) is 29.7 Å². The predicted octanol–water partition coefficient (Wildman–Crippen LogP) is -5.63. The Bertz CT molecular complexity index is 233. The van der Waals surface area contributed by atoms with Gasteiger partial charge in [0.25, 0.3) is 0 Å². The Morgan fingerprint density at radius 1 is 1.00 bits per heavy atom. The van der Waals surface area contributed by atoms with Crippen molar-refractivity contribution in [1.82, 2.24) is 0 Å². The zero-order valence-electron chi connectivity index (χ0n) is 7.02. The van der Waals surface area contributed by atoms with Crippen molar-refractivity contribution in [3.05, 3.63) is 0 Å². The molecule has 0 saturated carbocycles. The maximum atomic E-state index is 10.1. The fraction of sp³-hybridized carbons (Fsp3) is 0.500. The largest absolute Gasteiger partial charge is 2.00 e. The summed E-state index contributed by atoms with van der Waals surface area (Å²) in [7, 11) is 0. The third-order valence-corrected chi connectivity index (χ3v) is 1.25. The van der Waals surface area contributed by atoms with Gasteiger partial charge in [-0.1, -0.05) is 0 Å². The second-order valence-electron chi connectivity index (χ2n) is 2.42. The molecule has 0 aromatic rings. The molecule has 0 heterocycles. The molecule has 0 unspecified atom stereocenters. The first kappa shape index (κ1) is 15.6. The summed E-state index contributed by atoms with van der Waals surface area (Å²) in [4.78, 5) is 30.0. The van der Waals surface area contributed by atoms with Crippen LogP contribution in [0.2, 0.25) is 0 Å². The standard InChI is InChI=1S/C6H8O7.Mg/c7-3(8)1-6(13,5(11)12)2-4(9)10;/h13H,1-2H2,(H,7,8)(H,9,10)(H,11,12);/q;+2/p-3. The van der Waals surface area contributed by atoms with Gasteiger partial charge in [0.05, 0.1) is 5.97 Å². The molecule has 1 N–H and O–H groups in total. The molecule has 0 aromatic carbocycles. The van der Waals surface area contributed by atoms with Crippen molar-refractivity contribution in [1.29, 1.82) is 0 Å². The normalized spacial score (nSPS) is 10.1. The molecule has 0 bridgehead atoms. The van der Waals surface area contributed by atoms with Crippen LogP contribution in [-0.2, 0) is 14.4 Å². The molecule has 0 aliphatic carbocycles. The average molecular weight is 213 g/mol. The molecule has 0 radical (unpaired) electrons. The topological polar surface area (TPSA) is 141 Å². The maximum absolute atomic E-state index is 10.1. The van der Waals surface area contributed by atoms with E-state index in [0.717, 1.165) is 0 Å². The number of aliphatic hydroxyl groups is 1. The van der Waals surface area contributed by atoms with Gasteiger partial charge in [-0.2, -0.15) is 0 Å². The van der Waals surface area contributed by atoms with Crippen LogP contribution in [0.3, 0.4) is 0 Å². The molecule has 7 nitrogen and oxygen atoms in total. The van der Waals surface area contributed by atoms with Gasteiger partial charge in [-0.15, -0.1) is 0 Å². The fourth-order valence-electron chi connectivity index (χ4n) is 0.684. The number of carbonyl (C=O) groups is 3. The van der Waals surface area contributed by atoms with Gasteiger partial charge in [0, 0.05) is 24.8 Å². The van der Waals surface area contributed by atoms with E-state index in [0.29, 0.717) is 0 Å². The van der Waals surface area contributed by atoms with E-state index in [-0.39, 0.29) is 23.1 Å². The molecule has 14 heavy (non-hydrogen) atoms. The van der Waals surface area contributed by atoms with Gasteiger partial charge in [-0.3, -0.25) is 0 Å². The quantitative estimate of drug-likeness (QED) is 0.449. The molecule has 0 spiro atoms. The second kappa shape index (κ2) is 5.78. The van der Waals surface area contributed by atoms with E-state index in [1.54, 1.807) is 0 Å². The van der Waals surface area contributed by atoms with Gasteiger partial charge in [0.2, 0.25) is 0 Å². The number of aliphatic carboxylic acids is 3. The average Bonchev–Trinajstić information content (AvgIpc) is 1.82. The van der Waals surface area contributed by atoms with Crippen LogP contribution in [0.4, 0.5) is 0 Å². The zero-order valence-corrected chi connectivity index (χ0v) is 8.43. The van der Waals surface area contributed by atoms with E-state index in [1.807, 2.05) is 0 Å². The summed E-state index contributed by atoms with van der Waals surface area (Å²) < 4.78 is 0. The summed E-state index contributed by atoms with van der Waals surface area (Å²) >= 11 is 0. The van der Waals surface area contributed by atoms with Crippen molar-refractivity contribution in [3.8, 4) is 0 Å². The summed E-state index contributed by atoms with van der Waals surface area (Å²) in [5, 5.41) is 38.9. The smallest absolute Gasteiger partial charge is 0.550 e. The van der Waals surface area contributed by atoms with Crippen LogP contribution >= 0.6 is 0 Å². The van der Waals surface area contributed by atoms with Crippen LogP contribution in [0.1, 0.15) is 12.8 Å². The Labute approximate surface area is 94.5 Å². The van der Waals surface area contributed by atoms with E-state index >= 15 is 0 Å². The summed E-state index contributed by atoms with van der Waals surface area (Å²) in [5.74, 6) is -5.98. The molecule has 0 aliphatic heterocycles. The molecule has 0 aliphatic rings. The minimum absolute atomic E-state index is 0. The van der Waals surface area contributed by atoms with Gasteiger partial charge in [-0.25, -0.2) is 0 Å². The zero-order chi connectivity index (χ0) is 10.6. The third-order valence-electron chi connectivity index (χ3n) is 1.25. The monoisotopic (exact) mass is 213 g/mol. The Kier molecular flexibility index (Phi) is 6.44. The number of rotatable bonds is 5. The first-order valence-electron chi connectivity index (χ1n) is 3.11. The fourth-order valence-corrected chi connectivity index (χ4v) is 0.684. The van der Waals surface area contributed by atoms with Crippen LogP contribution in [-0.4, -0.2) is 51.7 Å². The number of hydrogen-bond acceptors (Lipinski definition) is 7. The van der Waals surface area contributed by atoms with Crippen LogP contribution in [0.25, 0.3) is 0 Å². The van der Waals surface area contributed by atoms with Crippen molar-refractivity contribution >= 4 is 41.0 Å². The van der Waals surface area contributed by atoms with Crippen LogP contribution < -0.4 is 15.3 Å². The van der Waals surface area contributed by atoms with Crippen molar-refractivity contribution < 1.29 is 34.8 Å². The van der Waals surface area contributed by atoms with Gasteiger partial charge in [0.1, 0.15) is 5.60 Å². The molecule has 0 fully saturated rings. The van der Waals surface area contributed by atoms with Crippen molar-refractivity contribution in [2.24, 2.45) is 0 Å². The molecule has 0 saturated heterocycles. The molecular weight excluding hydrogens is 208 g/mol. The number of carboxylic acids is 3. The summed E-state index contributed by atoms with van der Waals surface area (Å²) in [6, 6.07) is 0. The Morgan fingerprint density at radius 3 is 1.43 bits per heavy atom. The molecule has 8 heteroatoms. The molecule has 0 rings (SSSR count). The van der Waals surface area contributed by atoms with Crippen LogP contribution in [0.5, 0.6) is 0 Å². The minimum Gasteiger partial charge on any atom is -0.550 e. The molecule has 74 valence electrons. The Balaban J connectivity index is 0. The number of hydrogen-bond donors (Lipinski definition) is 1. The minimum atomic E-state index is -2.97. The van der Waals surface area contributed by atoms with E-state index in [4.69, 9.17) is 5.11 Å². The molecular formula is C6H5MgO7-. The Morgan fingerprint density at radius 2 is 1.29 bits per heavy atom. The first-order valence-corrected chi connectivity index (χ1v) is 3.11. The van der Waals surface area contributed by atoms with Crippen molar-refractivity contribution in [3.63, 3.8) is 0 Å². The summed E-state index contributed by atoms with van der Waals surface area (Å²) in [5.41, 5.74) is -2.97. The Hall–Kier alpha value is -0.864. The number of carboxylic acid groups (broad SMARTS) is 3. The molecule has 0 aromatic heterocycles. The molecule has 0 atom stereocenters. The van der Waals surface area contributed by atoms with Crippen LogP contribution in [0, 0.1) is 0 Å². The van der Waals surface area contributed by atoms with Gasteiger partial charge >= 0.3 is 23.1 Å². The predicted molar refractivity (Wildman–Crippen MR) is 35.0 cm³/mol. The second-order valence-corrected chi connectivity index (χ2v) is 2.42. The van der Waals surface area contributed by atoms with Gasteiger partial charge in [-0.05, 0) is 0 Å². The van der Waals surface area contributed by atoms with Crippen molar-refractivity contribution in [2.75, 3.05) is 0 Å². The van der Waals surface area contributed by atoms with Gasteiger partial charge < -0.3 is 34.8 Å². The summed E-state index contributed by atoms with van der Waals surface area (Å²) in [6.07, 6.45) is -2.72. The van der Waals surface area contributed by atoms with Crippen molar-refractivity contribution in [2.45, 2.75) is 18.4 Å². The van der Waals surface area contributed by atoms with Crippen LogP contribution in [0.15, 0.2) is 0 Å². The van der Waals surface area contributed by atoms with E-state index in [2.05, 4.69) is 0 Å². The molecule has 0 amide bonds. The maximum Gasteiger partial charge on any atom is 2.00 e. The van der Waals surface area contributed by atoms with E-state index in [1.165, 1.54) is 0 Å². The summed E-state index contributed by atoms with van der Waals surface area (Å²) in [6.45, 7) is 0. The van der Waals surface area contributed by atoms with E-state index < -0.39 is 36.4 Å². The number of carbonyl (C=O) groups excluding carboxylic acids is 3. The third kappa shape index (κ3) is 4.99. The first-order chi connectivity index (χ1) is 5.78. The SMILES string of the molecule is O=C([O-])CC(O)(CC(=O)[O-])C(=O)[O-].[Mg+2]. The van der Waals surface area contributed by atoms with Gasteiger partial charge in [0.15, 0.2) is 0 Å².